The topological polar surface area (TPSA) is 84.0 Å². The van der Waals surface area contributed by atoms with Gasteiger partial charge < -0.3 is 10.6 Å². The predicted molar refractivity (Wildman–Crippen MR) is 135 cm³/mol. The summed E-state index contributed by atoms with van der Waals surface area (Å²) >= 11 is 9.20. The Morgan fingerprint density at radius 3 is 2.76 bits per heavy atom. The van der Waals surface area contributed by atoms with E-state index in [9.17, 15) is 9.59 Å². The maximum atomic E-state index is 13.1. The summed E-state index contributed by atoms with van der Waals surface area (Å²) in [5, 5.41) is 6.99. The highest BCUT2D eigenvalue weighted by Gasteiger charge is 2.27. The second kappa shape index (κ2) is 10.7. The lowest BCUT2D eigenvalue weighted by Gasteiger charge is -2.13. The molecule has 0 unspecified atom stereocenters. The van der Waals surface area contributed by atoms with Crippen LogP contribution >= 0.6 is 34.7 Å². The van der Waals surface area contributed by atoms with E-state index >= 15 is 0 Å². The Kier molecular flexibility index (Phi) is 7.67. The number of hydrogen-bond acceptors (Lipinski definition) is 6. The quantitative estimate of drug-likeness (QED) is 0.322. The van der Waals surface area contributed by atoms with Crippen LogP contribution in [0.1, 0.15) is 62.2 Å². The number of rotatable bonds is 7. The molecule has 0 atom stereocenters. The number of anilines is 1. The summed E-state index contributed by atoms with van der Waals surface area (Å²) in [5.41, 5.74) is 4.10. The van der Waals surface area contributed by atoms with Crippen molar-refractivity contribution >= 4 is 51.5 Å². The number of hydrogen-bond donors (Lipinski definition) is 2. The summed E-state index contributed by atoms with van der Waals surface area (Å²) in [5.74, 6) is 0.0914. The number of benzene rings is 1. The van der Waals surface area contributed by atoms with Crippen LogP contribution in [-0.4, -0.2) is 28.3 Å². The molecule has 0 fully saturated rings. The van der Waals surface area contributed by atoms with Crippen LogP contribution in [-0.2, 0) is 18.6 Å². The van der Waals surface area contributed by atoms with Gasteiger partial charge in [0.05, 0.1) is 16.8 Å². The van der Waals surface area contributed by atoms with Crippen molar-refractivity contribution in [2.45, 2.75) is 50.4 Å². The first-order chi connectivity index (χ1) is 16.0. The zero-order chi connectivity index (χ0) is 23.4. The summed E-state index contributed by atoms with van der Waals surface area (Å²) in [6.45, 7) is 4.46. The summed E-state index contributed by atoms with van der Waals surface area (Å²) in [6, 6.07) is 8.12. The number of nitrogens with one attached hydrogen (secondary N) is 2. The lowest BCUT2D eigenvalue weighted by molar-refractivity contribution is 0.0956. The number of carbonyl (C=O) groups is 2. The van der Waals surface area contributed by atoms with Gasteiger partial charge >= 0.3 is 0 Å². The average Bonchev–Trinajstić information content (AvgIpc) is 3.17. The Morgan fingerprint density at radius 1 is 1.18 bits per heavy atom. The summed E-state index contributed by atoms with van der Waals surface area (Å²) in [7, 11) is 0. The number of aromatic nitrogens is 2. The van der Waals surface area contributed by atoms with Crippen LogP contribution in [0.2, 0.25) is 5.02 Å². The molecular weight excluding hydrogens is 476 g/mol. The van der Waals surface area contributed by atoms with Crippen molar-refractivity contribution in [3.63, 3.8) is 0 Å². The summed E-state index contributed by atoms with van der Waals surface area (Å²) in [4.78, 5) is 35.8. The summed E-state index contributed by atoms with van der Waals surface area (Å²) < 4.78 is 0. The fraction of sp³-hybridized carbons (Fsp3) is 0.333. The lowest BCUT2D eigenvalue weighted by atomic mass is 9.95. The van der Waals surface area contributed by atoms with Gasteiger partial charge in [-0.15, -0.1) is 11.3 Å². The van der Waals surface area contributed by atoms with Crippen molar-refractivity contribution in [1.82, 2.24) is 15.3 Å². The first-order valence-corrected chi connectivity index (χ1v) is 13.1. The molecule has 172 valence electrons. The molecule has 9 heteroatoms. The molecule has 2 aromatic heterocycles. The average molecular weight is 501 g/mol. The smallest absolute Gasteiger partial charge is 0.276 e. The molecular formula is C24H25ClN4O2S2. The van der Waals surface area contributed by atoms with Gasteiger partial charge in [0.1, 0.15) is 5.00 Å². The van der Waals surface area contributed by atoms with Crippen molar-refractivity contribution < 1.29 is 9.59 Å². The number of amides is 2. The zero-order valence-corrected chi connectivity index (χ0v) is 20.9. The second-order valence-electron chi connectivity index (χ2n) is 7.79. The molecule has 2 N–H and O–H groups in total. The minimum Gasteiger partial charge on any atom is -0.352 e. The van der Waals surface area contributed by atoms with Crippen LogP contribution in [0.15, 0.2) is 35.6 Å². The summed E-state index contributed by atoms with van der Waals surface area (Å²) in [6.07, 6.45) is 5.36. The second-order valence-corrected chi connectivity index (χ2v) is 10.2. The first-order valence-electron chi connectivity index (χ1n) is 10.9. The van der Waals surface area contributed by atoms with E-state index in [0.29, 0.717) is 28.0 Å². The molecule has 1 aromatic carbocycles. The molecule has 0 spiro atoms. The lowest BCUT2D eigenvalue weighted by Crippen LogP contribution is -2.25. The number of nitrogens with zero attached hydrogens (tertiary/aromatic N) is 2. The van der Waals surface area contributed by atoms with Gasteiger partial charge in [-0.1, -0.05) is 47.6 Å². The Bertz CT molecular complexity index is 1200. The number of halogens is 1. The first kappa shape index (κ1) is 23.7. The third kappa shape index (κ3) is 5.39. The molecule has 2 amide bonds. The molecule has 4 rings (SSSR count). The van der Waals surface area contributed by atoms with Crippen molar-refractivity contribution in [1.29, 1.82) is 0 Å². The van der Waals surface area contributed by atoms with Crippen LogP contribution in [0.4, 0.5) is 5.00 Å². The fourth-order valence-electron chi connectivity index (χ4n) is 3.80. The zero-order valence-electron chi connectivity index (χ0n) is 18.5. The van der Waals surface area contributed by atoms with Gasteiger partial charge in [0.25, 0.3) is 11.8 Å². The fourth-order valence-corrected chi connectivity index (χ4v) is 6.15. The van der Waals surface area contributed by atoms with E-state index in [0.717, 1.165) is 31.2 Å². The monoisotopic (exact) mass is 500 g/mol. The number of fused-ring (bicyclic) bond motifs is 1. The highest BCUT2D eigenvalue weighted by atomic mass is 35.5. The van der Waals surface area contributed by atoms with Gasteiger partial charge in [0.15, 0.2) is 10.9 Å². The number of thioether (sulfide) groups is 1. The molecule has 0 bridgehead atoms. The van der Waals surface area contributed by atoms with Crippen LogP contribution in [0.3, 0.4) is 0 Å². The molecule has 33 heavy (non-hydrogen) atoms. The Hall–Kier alpha value is -2.42. The van der Waals surface area contributed by atoms with E-state index in [1.807, 2.05) is 19.1 Å². The molecule has 0 aliphatic heterocycles. The highest BCUT2D eigenvalue weighted by molar-refractivity contribution is 7.98. The molecule has 2 heterocycles. The number of thiophene rings is 1. The predicted octanol–water partition coefficient (Wildman–Crippen LogP) is 5.67. The minimum absolute atomic E-state index is 0.104. The number of aryl methyl sites for hydroxylation is 2. The molecule has 1 aliphatic carbocycles. The van der Waals surface area contributed by atoms with E-state index in [-0.39, 0.29) is 16.6 Å². The minimum atomic E-state index is -0.440. The maximum Gasteiger partial charge on any atom is 0.276 e. The van der Waals surface area contributed by atoms with E-state index in [4.69, 9.17) is 11.6 Å². The normalized spacial score (nSPS) is 12.8. The van der Waals surface area contributed by atoms with Gasteiger partial charge in [0, 0.05) is 17.2 Å². The molecule has 6 nitrogen and oxygen atoms in total. The van der Waals surface area contributed by atoms with Crippen molar-refractivity contribution in [2.75, 3.05) is 11.9 Å². The third-order valence-electron chi connectivity index (χ3n) is 5.52. The van der Waals surface area contributed by atoms with E-state index in [2.05, 4.69) is 39.7 Å². The van der Waals surface area contributed by atoms with Gasteiger partial charge in [-0.3, -0.25) is 9.59 Å². The third-order valence-corrected chi connectivity index (χ3v) is 7.91. The largest absolute Gasteiger partial charge is 0.352 e. The van der Waals surface area contributed by atoms with Crippen LogP contribution in [0.25, 0.3) is 0 Å². The van der Waals surface area contributed by atoms with E-state index in [1.54, 1.807) is 0 Å². The molecule has 0 saturated heterocycles. The van der Waals surface area contributed by atoms with Gasteiger partial charge in [-0.25, -0.2) is 9.97 Å². The van der Waals surface area contributed by atoms with Gasteiger partial charge in [-0.05, 0) is 56.2 Å². The standard InChI is InChI=1S/C24H25ClN4O2S2/c1-3-26-21(30)19-16-10-6-7-11-18(16)33-23(19)29-22(31)20-17(25)12-27-24(28-20)32-13-15-9-5-4-8-14(15)2/h4-5,8-9,12H,3,6-7,10-11,13H2,1-2H3,(H,26,30)(H,29,31). The highest BCUT2D eigenvalue weighted by Crippen LogP contribution is 2.38. The SMILES string of the molecule is CCNC(=O)c1c(NC(=O)c2nc(SCc3ccccc3C)ncc2Cl)sc2c1CCCC2. The van der Waals surface area contributed by atoms with Crippen LogP contribution in [0.5, 0.6) is 0 Å². The van der Waals surface area contributed by atoms with E-state index in [1.165, 1.54) is 45.3 Å². The van der Waals surface area contributed by atoms with Crippen molar-refractivity contribution in [2.24, 2.45) is 0 Å². The van der Waals surface area contributed by atoms with Gasteiger partial charge in [0.2, 0.25) is 0 Å². The van der Waals surface area contributed by atoms with Crippen molar-refractivity contribution in [3.05, 3.63) is 68.3 Å². The van der Waals surface area contributed by atoms with E-state index < -0.39 is 5.91 Å². The Balaban J connectivity index is 1.56. The number of carbonyl (C=O) groups excluding carboxylic acids is 2. The Labute approximate surface area is 206 Å². The molecule has 0 radical (unpaired) electrons. The molecule has 1 aliphatic rings. The Morgan fingerprint density at radius 2 is 1.97 bits per heavy atom. The maximum absolute atomic E-state index is 13.1. The van der Waals surface area contributed by atoms with Crippen molar-refractivity contribution in [3.8, 4) is 0 Å². The van der Waals surface area contributed by atoms with Gasteiger partial charge in [-0.2, -0.15) is 0 Å². The van der Waals surface area contributed by atoms with Crippen LogP contribution in [0, 0.1) is 6.92 Å². The molecule has 3 aromatic rings. The molecule has 0 saturated carbocycles. The van der Waals surface area contributed by atoms with Crippen LogP contribution < -0.4 is 10.6 Å².